The highest BCUT2D eigenvalue weighted by Crippen LogP contribution is 2.45. The molecule has 2 aromatic carbocycles. The van der Waals surface area contributed by atoms with Gasteiger partial charge in [0.15, 0.2) is 11.2 Å². The summed E-state index contributed by atoms with van der Waals surface area (Å²) in [5.41, 5.74) is 7.47. The highest BCUT2D eigenvalue weighted by atomic mass is 32.1. The number of anilines is 2. The van der Waals surface area contributed by atoms with Crippen LogP contribution in [0.1, 0.15) is 51.9 Å². The molecular formula is C29H26N2O3S. The molecule has 0 saturated heterocycles. The van der Waals surface area contributed by atoms with Crippen LogP contribution >= 0.6 is 11.3 Å². The fourth-order valence-corrected chi connectivity index (χ4v) is 6.06. The Labute approximate surface area is 207 Å². The Kier molecular flexibility index (Phi) is 5.15. The predicted molar refractivity (Wildman–Crippen MR) is 141 cm³/mol. The first-order chi connectivity index (χ1) is 16.9. The summed E-state index contributed by atoms with van der Waals surface area (Å²) in [4.78, 5) is 28.6. The fraction of sp³-hybridized carbons (Fsp3) is 0.241. The van der Waals surface area contributed by atoms with Gasteiger partial charge in [-0.3, -0.25) is 9.59 Å². The van der Waals surface area contributed by atoms with Crippen molar-refractivity contribution in [3.8, 4) is 0 Å². The zero-order valence-electron chi connectivity index (χ0n) is 19.9. The molecule has 0 fully saturated rings. The van der Waals surface area contributed by atoms with Gasteiger partial charge in [-0.1, -0.05) is 17.7 Å². The number of benzene rings is 2. The second-order valence-corrected chi connectivity index (χ2v) is 10.6. The molecule has 0 radical (unpaired) electrons. The summed E-state index contributed by atoms with van der Waals surface area (Å²) in [5.74, 6) is 0.179. The van der Waals surface area contributed by atoms with E-state index in [-0.39, 0.29) is 17.1 Å². The lowest BCUT2D eigenvalue weighted by atomic mass is 9.81. The Morgan fingerprint density at radius 2 is 1.77 bits per heavy atom. The van der Waals surface area contributed by atoms with Crippen LogP contribution in [0.3, 0.4) is 0 Å². The minimum absolute atomic E-state index is 0.0552. The van der Waals surface area contributed by atoms with Crippen LogP contribution in [0, 0.1) is 20.8 Å². The largest absolute Gasteiger partial charge is 0.464 e. The van der Waals surface area contributed by atoms with Crippen molar-refractivity contribution in [3.05, 3.63) is 103 Å². The predicted octanol–water partition coefficient (Wildman–Crippen LogP) is 6.76. The van der Waals surface area contributed by atoms with Gasteiger partial charge in [0.25, 0.3) is 0 Å². The lowest BCUT2D eigenvalue weighted by molar-refractivity contribution is -0.116. The van der Waals surface area contributed by atoms with Crippen LogP contribution < -0.4 is 16.1 Å². The average Bonchev–Trinajstić information content (AvgIpc) is 3.32. The van der Waals surface area contributed by atoms with Gasteiger partial charge >= 0.3 is 0 Å². The highest BCUT2D eigenvalue weighted by molar-refractivity contribution is 7.10. The SMILES string of the molecule is Cc1ccc2occ([C@H]3Nc4cc(C)c(C)cc4NC4=C3C(=O)C[C@H](c3cccs3)C4)c(=O)c2c1. The Balaban J connectivity index is 1.55. The van der Waals surface area contributed by atoms with Crippen LogP contribution in [0.4, 0.5) is 11.4 Å². The second kappa shape index (κ2) is 8.24. The zero-order valence-corrected chi connectivity index (χ0v) is 20.7. The Bertz CT molecular complexity index is 1580. The molecule has 0 spiro atoms. The Hall–Kier alpha value is -3.64. The summed E-state index contributed by atoms with van der Waals surface area (Å²) in [6, 6.07) is 13.3. The number of thiophene rings is 1. The van der Waals surface area contributed by atoms with Gasteiger partial charge in [-0.2, -0.15) is 0 Å². The number of hydrogen-bond acceptors (Lipinski definition) is 6. The van der Waals surface area contributed by atoms with Gasteiger partial charge < -0.3 is 15.1 Å². The summed E-state index contributed by atoms with van der Waals surface area (Å²) < 4.78 is 5.91. The number of aryl methyl sites for hydroxylation is 3. The van der Waals surface area contributed by atoms with E-state index < -0.39 is 6.04 Å². The molecule has 4 aromatic rings. The molecule has 35 heavy (non-hydrogen) atoms. The van der Waals surface area contributed by atoms with E-state index in [1.807, 2.05) is 31.2 Å². The Morgan fingerprint density at radius 3 is 2.54 bits per heavy atom. The van der Waals surface area contributed by atoms with Crippen molar-refractivity contribution in [2.24, 2.45) is 0 Å². The van der Waals surface area contributed by atoms with Crippen molar-refractivity contribution in [3.63, 3.8) is 0 Å². The smallest absolute Gasteiger partial charge is 0.198 e. The molecule has 0 saturated carbocycles. The summed E-state index contributed by atoms with van der Waals surface area (Å²) in [5, 5.41) is 9.72. The van der Waals surface area contributed by atoms with E-state index in [4.69, 9.17) is 4.42 Å². The average molecular weight is 483 g/mol. The maximum Gasteiger partial charge on any atom is 0.198 e. The first-order valence-electron chi connectivity index (χ1n) is 11.9. The monoisotopic (exact) mass is 482 g/mol. The number of hydrogen-bond donors (Lipinski definition) is 2. The number of carbonyl (C=O) groups excluding carboxylic acids is 1. The van der Waals surface area contributed by atoms with Crippen LogP contribution in [0.2, 0.25) is 0 Å². The molecule has 6 heteroatoms. The van der Waals surface area contributed by atoms with E-state index >= 15 is 0 Å². The minimum atomic E-state index is -0.598. The first kappa shape index (κ1) is 21.9. The lowest BCUT2D eigenvalue weighted by Crippen LogP contribution is -2.29. The van der Waals surface area contributed by atoms with Gasteiger partial charge in [-0.25, -0.2) is 0 Å². The number of fused-ring (bicyclic) bond motifs is 2. The maximum atomic E-state index is 13.7. The van der Waals surface area contributed by atoms with E-state index in [0.29, 0.717) is 34.9 Å². The molecule has 0 amide bonds. The van der Waals surface area contributed by atoms with Gasteiger partial charge in [-0.15, -0.1) is 11.3 Å². The van der Waals surface area contributed by atoms with Crippen molar-refractivity contribution in [1.29, 1.82) is 0 Å². The third-order valence-corrected chi connectivity index (χ3v) is 8.26. The molecule has 1 aliphatic heterocycles. The second-order valence-electron chi connectivity index (χ2n) is 9.64. The van der Waals surface area contributed by atoms with Crippen molar-refractivity contribution < 1.29 is 9.21 Å². The van der Waals surface area contributed by atoms with Gasteiger partial charge in [0.1, 0.15) is 11.8 Å². The number of rotatable bonds is 2. The normalized spacial score (nSPS) is 19.6. The van der Waals surface area contributed by atoms with Gasteiger partial charge in [-0.05, 0) is 74.0 Å². The molecule has 5 nitrogen and oxygen atoms in total. The molecule has 1 aliphatic carbocycles. The zero-order chi connectivity index (χ0) is 24.3. The molecule has 0 bridgehead atoms. The van der Waals surface area contributed by atoms with Crippen molar-refractivity contribution in [2.45, 2.75) is 45.6 Å². The van der Waals surface area contributed by atoms with E-state index in [1.54, 1.807) is 11.3 Å². The van der Waals surface area contributed by atoms with Crippen LogP contribution in [0.5, 0.6) is 0 Å². The molecular weight excluding hydrogens is 456 g/mol. The van der Waals surface area contributed by atoms with Crippen LogP contribution in [0.25, 0.3) is 11.0 Å². The minimum Gasteiger partial charge on any atom is -0.464 e. The molecule has 2 N–H and O–H groups in total. The van der Waals surface area contributed by atoms with Crippen molar-refractivity contribution in [1.82, 2.24) is 0 Å². The molecule has 2 atom stereocenters. The Morgan fingerprint density at radius 1 is 0.971 bits per heavy atom. The summed E-state index contributed by atoms with van der Waals surface area (Å²) in [7, 11) is 0. The maximum absolute atomic E-state index is 13.7. The number of allylic oxidation sites excluding steroid dienone is 1. The summed E-state index contributed by atoms with van der Waals surface area (Å²) >= 11 is 1.69. The standard InChI is InChI=1S/C29H26N2O3S/c1-15-6-7-25-19(9-15)29(33)20(14-34-25)28-27-23(12-18(13-24(27)32)26-5-4-8-35-26)30-21-10-16(2)17(3)11-22(21)31-28/h4-11,14,18,28,30-31H,12-13H2,1-3H3/t18-,28-/m1/s1. The van der Waals surface area contributed by atoms with E-state index in [2.05, 4.69) is 48.1 Å². The van der Waals surface area contributed by atoms with Crippen LogP contribution in [0.15, 0.2) is 74.6 Å². The van der Waals surface area contributed by atoms with Crippen molar-refractivity contribution >= 4 is 39.5 Å². The molecule has 6 rings (SSSR count). The first-order valence-corrected chi connectivity index (χ1v) is 12.7. The number of ketones is 1. The molecule has 2 aliphatic rings. The summed E-state index contributed by atoms with van der Waals surface area (Å²) in [6.45, 7) is 6.10. The van der Waals surface area contributed by atoms with E-state index in [9.17, 15) is 9.59 Å². The van der Waals surface area contributed by atoms with Gasteiger partial charge in [0.05, 0.1) is 28.4 Å². The number of Topliss-reactive ketones (excluding diaryl/α,β-unsaturated/α-hetero) is 1. The quantitative estimate of drug-likeness (QED) is 0.330. The molecule has 2 aromatic heterocycles. The van der Waals surface area contributed by atoms with E-state index in [1.165, 1.54) is 11.1 Å². The highest BCUT2D eigenvalue weighted by Gasteiger charge is 2.37. The number of nitrogens with one attached hydrogen (secondary N) is 2. The van der Waals surface area contributed by atoms with Gasteiger partial charge in [0, 0.05) is 28.5 Å². The number of carbonyl (C=O) groups is 1. The molecule has 3 heterocycles. The third-order valence-electron chi connectivity index (χ3n) is 7.23. The molecule has 176 valence electrons. The fourth-order valence-electron chi connectivity index (χ4n) is 5.23. The van der Waals surface area contributed by atoms with Crippen LogP contribution in [-0.4, -0.2) is 5.78 Å². The van der Waals surface area contributed by atoms with Crippen LogP contribution in [-0.2, 0) is 4.79 Å². The summed E-state index contributed by atoms with van der Waals surface area (Å²) in [6.07, 6.45) is 2.66. The van der Waals surface area contributed by atoms with Crippen molar-refractivity contribution in [2.75, 3.05) is 10.6 Å². The molecule has 0 unspecified atom stereocenters. The lowest BCUT2D eigenvalue weighted by Gasteiger charge is -2.28. The van der Waals surface area contributed by atoms with Gasteiger partial charge in [0.2, 0.25) is 0 Å². The third kappa shape index (κ3) is 3.69. The van der Waals surface area contributed by atoms with E-state index in [0.717, 1.165) is 33.8 Å². The topological polar surface area (TPSA) is 71.3 Å².